The predicted octanol–water partition coefficient (Wildman–Crippen LogP) is 3.30. The van der Waals surface area contributed by atoms with E-state index in [0.29, 0.717) is 6.42 Å². The summed E-state index contributed by atoms with van der Waals surface area (Å²) in [7, 11) is 0. The molecule has 0 bridgehead atoms. The zero-order valence-electron chi connectivity index (χ0n) is 18.6. The standard InChI is InChI=1S/C18H30O3.C5H10N2O3/c1-17(19)15-13-11-9-7-5-3-2-4-6-8-10-12-14-16-18(20)21;6-3(5(9)10)1-2-4(7)8/h2-3,7,9,13,15,17,19H,4-6,8,10-12,14,16H2,1H3,(H,20,21);3H,1-2,6H2,(H2,7,8)(H,9,10)/b3-2-,9-7-,15-13-;. The van der Waals surface area contributed by atoms with Gasteiger partial charge in [-0.25, -0.2) is 0 Å². The number of aliphatic carboxylic acids is 2. The van der Waals surface area contributed by atoms with E-state index >= 15 is 0 Å². The Balaban J connectivity index is 0. The molecule has 0 aliphatic heterocycles. The van der Waals surface area contributed by atoms with Crippen molar-refractivity contribution in [1.82, 2.24) is 0 Å². The van der Waals surface area contributed by atoms with E-state index in [1.165, 1.54) is 12.8 Å². The SMILES string of the molecule is CC(O)/C=C\C/C=C\C/C=C\CCCCCCCC(=O)O.NC(=O)CCC(N)C(=O)O. The Labute approximate surface area is 185 Å². The number of aliphatic hydroxyl groups is 1. The van der Waals surface area contributed by atoms with Crippen LogP contribution >= 0.6 is 0 Å². The summed E-state index contributed by atoms with van der Waals surface area (Å²) < 4.78 is 0. The molecule has 0 radical (unpaired) electrons. The number of unbranched alkanes of at least 4 members (excludes halogenated alkanes) is 5. The number of primary amides is 1. The molecule has 31 heavy (non-hydrogen) atoms. The van der Waals surface area contributed by atoms with Gasteiger partial charge in [-0.05, 0) is 45.4 Å². The maximum absolute atomic E-state index is 10.3. The molecule has 0 aliphatic carbocycles. The number of amides is 1. The summed E-state index contributed by atoms with van der Waals surface area (Å²) in [5.74, 6) is -2.33. The van der Waals surface area contributed by atoms with Crippen LogP contribution in [0.15, 0.2) is 36.5 Å². The first-order valence-corrected chi connectivity index (χ1v) is 10.8. The van der Waals surface area contributed by atoms with E-state index in [0.717, 1.165) is 38.5 Å². The average Bonchev–Trinajstić information content (AvgIpc) is 2.68. The van der Waals surface area contributed by atoms with E-state index in [4.69, 9.17) is 26.8 Å². The number of carbonyl (C=O) groups is 3. The third-order valence-corrected chi connectivity index (χ3v) is 4.07. The molecule has 178 valence electrons. The molecular formula is C23H40N2O6. The lowest BCUT2D eigenvalue weighted by Crippen LogP contribution is -2.31. The average molecular weight is 441 g/mol. The second-order valence-electron chi connectivity index (χ2n) is 7.23. The van der Waals surface area contributed by atoms with Crippen LogP contribution in [-0.2, 0) is 14.4 Å². The smallest absolute Gasteiger partial charge is 0.320 e. The van der Waals surface area contributed by atoms with E-state index in [9.17, 15) is 14.4 Å². The minimum atomic E-state index is -1.11. The fourth-order valence-electron chi connectivity index (χ4n) is 2.33. The fraction of sp³-hybridized carbons (Fsp3) is 0.609. The summed E-state index contributed by atoms with van der Waals surface area (Å²) in [4.78, 5) is 30.5. The van der Waals surface area contributed by atoms with Gasteiger partial charge in [-0.3, -0.25) is 14.4 Å². The number of rotatable bonds is 17. The zero-order valence-corrected chi connectivity index (χ0v) is 18.6. The minimum absolute atomic E-state index is 0.0213. The van der Waals surface area contributed by atoms with Gasteiger partial charge in [0.2, 0.25) is 5.91 Å². The Bertz CT molecular complexity index is 570. The highest BCUT2D eigenvalue weighted by Crippen LogP contribution is 2.07. The molecule has 0 fully saturated rings. The Morgan fingerprint density at radius 1 is 0.839 bits per heavy atom. The molecule has 7 N–H and O–H groups in total. The summed E-state index contributed by atoms with van der Waals surface area (Å²) in [6.07, 6.45) is 20.7. The molecule has 0 aromatic heterocycles. The molecule has 0 aliphatic rings. The maximum Gasteiger partial charge on any atom is 0.320 e. The van der Waals surface area contributed by atoms with E-state index in [-0.39, 0.29) is 18.9 Å². The summed E-state index contributed by atoms with van der Waals surface area (Å²) in [6.45, 7) is 1.75. The largest absolute Gasteiger partial charge is 0.481 e. The van der Waals surface area contributed by atoms with Crippen molar-refractivity contribution in [2.75, 3.05) is 0 Å². The molecule has 8 heteroatoms. The second-order valence-corrected chi connectivity index (χ2v) is 7.23. The van der Waals surface area contributed by atoms with Crippen molar-refractivity contribution in [3.05, 3.63) is 36.5 Å². The number of carbonyl (C=O) groups excluding carboxylic acids is 1. The number of allylic oxidation sites excluding steroid dienone is 5. The van der Waals surface area contributed by atoms with E-state index in [2.05, 4.69) is 24.3 Å². The van der Waals surface area contributed by atoms with Crippen molar-refractivity contribution in [2.45, 2.75) is 89.7 Å². The van der Waals surface area contributed by atoms with Gasteiger partial charge in [0, 0.05) is 12.8 Å². The van der Waals surface area contributed by atoms with Crippen molar-refractivity contribution >= 4 is 17.8 Å². The van der Waals surface area contributed by atoms with E-state index in [1.807, 2.05) is 6.08 Å². The number of nitrogens with two attached hydrogens (primary N) is 2. The first kappa shape index (κ1) is 30.7. The van der Waals surface area contributed by atoms with Crippen LogP contribution in [0.2, 0.25) is 0 Å². The van der Waals surface area contributed by atoms with Crippen molar-refractivity contribution in [3.63, 3.8) is 0 Å². The molecular weight excluding hydrogens is 400 g/mol. The van der Waals surface area contributed by atoms with Crippen molar-refractivity contribution < 1.29 is 29.7 Å². The fourth-order valence-corrected chi connectivity index (χ4v) is 2.33. The van der Waals surface area contributed by atoms with Crippen LogP contribution < -0.4 is 11.5 Å². The third-order valence-electron chi connectivity index (χ3n) is 4.07. The zero-order chi connectivity index (χ0) is 23.9. The van der Waals surface area contributed by atoms with Gasteiger partial charge in [0.15, 0.2) is 0 Å². The Morgan fingerprint density at radius 2 is 1.39 bits per heavy atom. The second kappa shape index (κ2) is 22.2. The third kappa shape index (κ3) is 29.8. The van der Waals surface area contributed by atoms with Gasteiger partial charge in [-0.1, -0.05) is 55.7 Å². The van der Waals surface area contributed by atoms with Gasteiger partial charge in [-0.2, -0.15) is 0 Å². The monoisotopic (exact) mass is 440 g/mol. The summed E-state index contributed by atoms with van der Waals surface area (Å²) in [6, 6.07) is -0.979. The minimum Gasteiger partial charge on any atom is -0.481 e. The van der Waals surface area contributed by atoms with Crippen LogP contribution in [0.3, 0.4) is 0 Å². The lowest BCUT2D eigenvalue weighted by molar-refractivity contribution is -0.139. The predicted molar refractivity (Wildman–Crippen MR) is 122 cm³/mol. The highest BCUT2D eigenvalue weighted by molar-refractivity contribution is 5.76. The Hall–Kier alpha value is -2.45. The van der Waals surface area contributed by atoms with Gasteiger partial charge in [0.1, 0.15) is 6.04 Å². The number of carboxylic acids is 2. The Morgan fingerprint density at radius 3 is 1.94 bits per heavy atom. The van der Waals surface area contributed by atoms with Crippen LogP contribution in [-0.4, -0.2) is 45.3 Å². The quantitative estimate of drug-likeness (QED) is 0.171. The van der Waals surface area contributed by atoms with Crippen LogP contribution in [0.25, 0.3) is 0 Å². The van der Waals surface area contributed by atoms with Crippen LogP contribution in [0.4, 0.5) is 0 Å². The van der Waals surface area contributed by atoms with Crippen molar-refractivity contribution in [1.29, 1.82) is 0 Å². The van der Waals surface area contributed by atoms with E-state index in [1.54, 1.807) is 13.0 Å². The van der Waals surface area contributed by atoms with E-state index < -0.39 is 23.9 Å². The maximum atomic E-state index is 10.3. The van der Waals surface area contributed by atoms with Gasteiger partial charge in [0.05, 0.1) is 6.10 Å². The Kier molecular flexibility index (Phi) is 22.1. The number of hydrogen-bond acceptors (Lipinski definition) is 5. The van der Waals surface area contributed by atoms with Crippen molar-refractivity contribution in [2.24, 2.45) is 11.5 Å². The van der Waals surface area contributed by atoms with Crippen LogP contribution in [0.5, 0.6) is 0 Å². The summed E-state index contributed by atoms with van der Waals surface area (Å²) >= 11 is 0. The lowest BCUT2D eigenvalue weighted by Gasteiger charge is -2.01. The molecule has 8 nitrogen and oxygen atoms in total. The summed E-state index contributed by atoms with van der Waals surface area (Å²) in [5, 5.41) is 25.7. The molecule has 2 atom stereocenters. The topological polar surface area (TPSA) is 164 Å². The van der Waals surface area contributed by atoms with Gasteiger partial charge in [-0.15, -0.1) is 0 Å². The molecule has 2 unspecified atom stereocenters. The lowest BCUT2D eigenvalue weighted by atomic mass is 10.1. The molecule has 0 spiro atoms. The normalized spacial score (nSPS) is 13.3. The highest BCUT2D eigenvalue weighted by atomic mass is 16.4. The number of hydrogen-bond donors (Lipinski definition) is 5. The first-order chi connectivity index (χ1) is 14.7. The molecule has 0 rings (SSSR count). The van der Waals surface area contributed by atoms with Gasteiger partial charge >= 0.3 is 11.9 Å². The van der Waals surface area contributed by atoms with Crippen LogP contribution in [0.1, 0.15) is 77.6 Å². The number of aliphatic hydroxyl groups excluding tert-OH is 1. The van der Waals surface area contributed by atoms with Gasteiger partial charge < -0.3 is 26.8 Å². The van der Waals surface area contributed by atoms with Crippen molar-refractivity contribution in [3.8, 4) is 0 Å². The molecule has 0 aromatic rings. The number of carboxylic acid groups (broad SMARTS) is 2. The van der Waals surface area contributed by atoms with Crippen LogP contribution in [0, 0.1) is 0 Å². The molecule has 0 aromatic carbocycles. The first-order valence-electron chi connectivity index (χ1n) is 10.8. The summed E-state index contributed by atoms with van der Waals surface area (Å²) in [5.41, 5.74) is 9.81. The van der Waals surface area contributed by atoms with Gasteiger partial charge in [0.25, 0.3) is 0 Å². The molecule has 1 amide bonds. The molecule has 0 heterocycles. The molecule has 0 saturated heterocycles. The molecule has 0 saturated carbocycles. The highest BCUT2D eigenvalue weighted by Gasteiger charge is 2.11.